The molecule has 0 radical (unpaired) electrons. The first-order chi connectivity index (χ1) is 8.72. The fourth-order valence-electron chi connectivity index (χ4n) is 2.30. The second-order valence-corrected chi connectivity index (χ2v) is 6.26. The average molecular weight is 286 g/mol. The quantitative estimate of drug-likeness (QED) is 0.755. The van der Waals surface area contributed by atoms with Crippen LogP contribution in [0.1, 0.15) is 19.8 Å². The fourth-order valence-corrected chi connectivity index (χ4v) is 3.82. The van der Waals surface area contributed by atoms with Crippen molar-refractivity contribution in [1.29, 1.82) is 0 Å². The number of halogens is 1. The highest BCUT2D eigenvalue weighted by molar-refractivity contribution is 7.99. The highest BCUT2D eigenvalue weighted by Gasteiger charge is 2.44. The minimum Gasteiger partial charge on any atom is -0.394 e. The molecule has 0 saturated heterocycles. The van der Waals surface area contributed by atoms with E-state index in [-0.39, 0.29) is 12.1 Å². The zero-order chi connectivity index (χ0) is 13.0. The number of nitrogens with one attached hydrogen (secondary N) is 1. The van der Waals surface area contributed by atoms with Crippen LogP contribution in [0.2, 0.25) is 5.02 Å². The Labute approximate surface area is 118 Å². The highest BCUT2D eigenvalue weighted by atomic mass is 35.5. The second kappa shape index (κ2) is 6.29. The molecule has 1 fully saturated rings. The van der Waals surface area contributed by atoms with E-state index in [0.717, 1.165) is 22.2 Å². The molecule has 1 aromatic carbocycles. The van der Waals surface area contributed by atoms with Gasteiger partial charge in [-0.3, -0.25) is 0 Å². The summed E-state index contributed by atoms with van der Waals surface area (Å²) >= 11 is 7.90. The van der Waals surface area contributed by atoms with E-state index >= 15 is 0 Å². The number of thioether (sulfide) groups is 1. The van der Waals surface area contributed by atoms with Crippen LogP contribution in [0.5, 0.6) is 0 Å². The van der Waals surface area contributed by atoms with Crippen molar-refractivity contribution in [3.8, 4) is 0 Å². The molecule has 18 heavy (non-hydrogen) atoms. The molecule has 0 spiro atoms. The molecule has 2 nitrogen and oxygen atoms in total. The van der Waals surface area contributed by atoms with Crippen LogP contribution >= 0.6 is 23.4 Å². The Balaban J connectivity index is 2.03. The summed E-state index contributed by atoms with van der Waals surface area (Å²) in [6, 6.07) is 7.89. The summed E-state index contributed by atoms with van der Waals surface area (Å²) in [5, 5.41) is 14.0. The Morgan fingerprint density at radius 3 is 2.72 bits per heavy atom. The molecule has 1 unspecified atom stereocenters. The predicted octanol–water partition coefficient (Wildman–Crippen LogP) is 3.18. The summed E-state index contributed by atoms with van der Waals surface area (Å²) in [7, 11) is 0. The van der Waals surface area contributed by atoms with Crippen molar-refractivity contribution in [2.45, 2.75) is 30.2 Å². The van der Waals surface area contributed by atoms with E-state index in [0.29, 0.717) is 5.92 Å². The summed E-state index contributed by atoms with van der Waals surface area (Å²) < 4.78 is 0. The average Bonchev–Trinajstić information content (AvgIpc) is 3.21. The van der Waals surface area contributed by atoms with Crippen LogP contribution in [0, 0.1) is 5.92 Å². The van der Waals surface area contributed by atoms with Crippen molar-refractivity contribution in [3.05, 3.63) is 29.3 Å². The van der Waals surface area contributed by atoms with Crippen molar-refractivity contribution in [2.24, 2.45) is 5.92 Å². The minimum absolute atomic E-state index is 0.140. The third-order valence-corrected chi connectivity index (χ3v) is 5.26. The van der Waals surface area contributed by atoms with Crippen molar-refractivity contribution < 1.29 is 5.11 Å². The number of hydrogen-bond acceptors (Lipinski definition) is 3. The Hall–Kier alpha value is -0.220. The number of hydrogen-bond donors (Lipinski definition) is 2. The molecule has 1 aliphatic rings. The van der Waals surface area contributed by atoms with Gasteiger partial charge in [0, 0.05) is 10.6 Å². The monoisotopic (exact) mass is 285 g/mol. The second-order valence-electron chi connectivity index (χ2n) is 4.84. The molecule has 1 aromatic rings. The van der Waals surface area contributed by atoms with Gasteiger partial charge < -0.3 is 10.4 Å². The zero-order valence-corrected chi connectivity index (χ0v) is 12.2. The van der Waals surface area contributed by atoms with Crippen LogP contribution in [0.25, 0.3) is 0 Å². The topological polar surface area (TPSA) is 32.3 Å². The molecule has 0 aliphatic heterocycles. The van der Waals surface area contributed by atoms with Crippen molar-refractivity contribution in [2.75, 3.05) is 18.9 Å². The van der Waals surface area contributed by atoms with Gasteiger partial charge in [0.05, 0.1) is 17.2 Å². The SMILES string of the molecule is CCNC(CO)(CSc1ccccc1Cl)C1CC1. The van der Waals surface area contributed by atoms with Crippen molar-refractivity contribution >= 4 is 23.4 Å². The lowest BCUT2D eigenvalue weighted by Gasteiger charge is -2.33. The maximum atomic E-state index is 9.76. The first kappa shape index (κ1) is 14.2. The van der Waals surface area contributed by atoms with E-state index < -0.39 is 0 Å². The summed E-state index contributed by atoms with van der Waals surface area (Å²) in [4.78, 5) is 1.09. The van der Waals surface area contributed by atoms with Gasteiger partial charge in [0.25, 0.3) is 0 Å². The smallest absolute Gasteiger partial charge is 0.0624 e. The Kier molecular flexibility index (Phi) is 4.96. The van der Waals surface area contributed by atoms with Gasteiger partial charge in [0.1, 0.15) is 0 Å². The number of aliphatic hydroxyl groups excluding tert-OH is 1. The summed E-state index contributed by atoms with van der Waals surface area (Å²) in [6.07, 6.45) is 2.44. The number of rotatable bonds is 7. The zero-order valence-electron chi connectivity index (χ0n) is 10.7. The van der Waals surface area contributed by atoms with E-state index in [2.05, 4.69) is 12.2 Å². The molecule has 0 bridgehead atoms. The van der Waals surface area contributed by atoms with Crippen LogP contribution in [0.4, 0.5) is 0 Å². The first-order valence-corrected chi connectivity index (χ1v) is 7.81. The Bertz CT molecular complexity index is 397. The largest absolute Gasteiger partial charge is 0.394 e. The van der Waals surface area contributed by atoms with Gasteiger partial charge in [-0.2, -0.15) is 0 Å². The molecule has 0 aromatic heterocycles. The molecule has 4 heteroatoms. The Morgan fingerprint density at radius 1 is 1.44 bits per heavy atom. The maximum Gasteiger partial charge on any atom is 0.0624 e. The van der Waals surface area contributed by atoms with E-state index in [4.69, 9.17) is 11.6 Å². The molecule has 100 valence electrons. The lowest BCUT2D eigenvalue weighted by atomic mass is 9.97. The van der Waals surface area contributed by atoms with Gasteiger partial charge in [-0.15, -0.1) is 11.8 Å². The maximum absolute atomic E-state index is 9.76. The lowest BCUT2D eigenvalue weighted by Crippen LogP contribution is -2.52. The number of aliphatic hydroxyl groups is 1. The first-order valence-electron chi connectivity index (χ1n) is 6.45. The van der Waals surface area contributed by atoms with Crippen LogP contribution in [-0.4, -0.2) is 29.5 Å². The molecule has 1 saturated carbocycles. The number of likely N-dealkylation sites (N-methyl/N-ethyl adjacent to an activating group) is 1. The van der Waals surface area contributed by atoms with E-state index in [1.165, 1.54) is 12.8 Å². The molecule has 2 rings (SSSR count). The van der Waals surface area contributed by atoms with Gasteiger partial charge in [0.2, 0.25) is 0 Å². The third-order valence-electron chi connectivity index (χ3n) is 3.49. The summed E-state index contributed by atoms with van der Waals surface area (Å²) in [5.41, 5.74) is -0.140. The molecule has 0 amide bonds. The Morgan fingerprint density at radius 2 is 2.17 bits per heavy atom. The normalized spacial score (nSPS) is 18.6. The van der Waals surface area contributed by atoms with Crippen molar-refractivity contribution in [3.63, 3.8) is 0 Å². The number of benzene rings is 1. The van der Waals surface area contributed by atoms with Crippen LogP contribution in [0.15, 0.2) is 29.2 Å². The summed E-state index contributed by atoms with van der Waals surface area (Å²) in [5.74, 6) is 1.48. The molecule has 2 N–H and O–H groups in total. The van der Waals surface area contributed by atoms with Gasteiger partial charge in [0.15, 0.2) is 0 Å². The molecule has 1 aliphatic carbocycles. The van der Waals surface area contributed by atoms with Gasteiger partial charge in [-0.05, 0) is 37.4 Å². The van der Waals surface area contributed by atoms with Crippen LogP contribution < -0.4 is 5.32 Å². The van der Waals surface area contributed by atoms with Gasteiger partial charge in [-0.25, -0.2) is 0 Å². The van der Waals surface area contributed by atoms with E-state index in [1.807, 2.05) is 24.3 Å². The van der Waals surface area contributed by atoms with Crippen LogP contribution in [0.3, 0.4) is 0 Å². The third kappa shape index (κ3) is 3.21. The lowest BCUT2D eigenvalue weighted by molar-refractivity contribution is 0.161. The van der Waals surface area contributed by atoms with Crippen molar-refractivity contribution in [1.82, 2.24) is 5.32 Å². The molecule has 1 atom stereocenters. The van der Waals surface area contributed by atoms with Gasteiger partial charge >= 0.3 is 0 Å². The highest BCUT2D eigenvalue weighted by Crippen LogP contribution is 2.42. The molecular formula is C14H20ClNOS. The van der Waals surface area contributed by atoms with Gasteiger partial charge in [-0.1, -0.05) is 30.7 Å². The summed E-state index contributed by atoms with van der Waals surface area (Å²) in [6.45, 7) is 3.18. The fraction of sp³-hybridized carbons (Fsp3) is 0.571. The predicted molar refractivity (Wildman–Crippen MR) is 78.4 cm³/mol. The van der Waals surface area contributed by atoms with E-state index in [1.54, 1.807) is 11.8 Å². The molecular weight excluding hydrogens is 266 g/mol. The standard InChI is InChI=1S/C14H20ClNOS/c1-2-16-14(9-17,11-7-8-11)10-18-13-6-4-3-5-12(13)15/h3-6,11,16-17H,2,7-10H2,1H3. The van der Waals surface area contributed by atoms with E-state index in [9.17, 15) is 5.11 Å². The van der Waals surface area contributed by atoms with Crippen LogP contribution in [-0.2, 0) is 0 Å². The molecule has 0 heterocycles. The minimum atomic E-state index is -0.140.